The highest BCUT2D eigenvalue weighted by Gasteiger charge is 2.34. The van der Waals surface area contributed by atoms with Gasteiger partial charge in [-0.2, -0.15) is 0 Å². The first-order valence-electron chi connectivity index (χ1n) is 13.6. The highest BCUT2D eigenvalue weighted by molar-refractivity contribution is 7.92. The van der Waals surface area contributed by atoms with E-state index in [-0.39, 0.29) is 41.1 Å². The molecule has 3 aromatic rings. The largest absolute Gasteiger partial charge is 0.492 e. The van der Waals surface area contributed by atoms with Gasteiger partial charge in [0, 0.05) is 18.2 Å². The molecule has 0 aliphatic carbocycles. The molecule has 0 aromatic heterocycles. The molecule has 0 unspecified atom stereocenters. The highest BCUT2D eigenvalue weighted by atomic mass is 32.2. The van der Waals surface area contributed by atoms with Gasteiger partial charge in [0.05, 0.1) is 17.2 Å². The number of aryl methyl sites for hydroxylation is 1. The molecule has 0 saturated heterocycles. The normalized spacial score (nSPS) is 12.7. The van der Waals surface area contributed by atoms with E-state index in [0.717, 1.165) is 9.87 Å². The summed E-state index contributed by atoms with van der Waals surface area (Å²) in [5, 5.41) is 2.86. The molecule has 0 aliphatic rings. The van der Waals surface area contributed by atoms with Crippen molar-refractivity contribution < 1.29 is 27.1 Å². The van der Waals surface area contributed by atoms with Gasteiger partial charge in [0.1, 0.15) is 24.2 Å². The van der Waals surface area contributed by atoms with E-state index in [1.807, 2.05) is 20.8 Å². The van der Waals surface area contributed by atoms with Gasteiger partial charge in [-0.3, -0.25) is 13.9 Å². The SMILES string of the molecule is CCOc1ccccc1N(CC(=O)N(Cc1ccccc1F)[C@H](C)C(=O)N[C@H](C)CC)S(=O)(=O)c1ccc(C)cc1. The van der Waals surface area contributed by atoms with E-state index >= 15 is 0 Å². The van der Waals surface area contributed by atoms with Crippen LogP contribution < -0.4 is 14.4 Å². The fraction of sp³-hybridized carbons (Fsp3) is 0.355. The molecule has 0 spiro atoms. The van der Waals surface area contributed by atoms with Gasteiger partial charge in [-0.15, -0.1) is 0 Å². The number of amides is 2. The van der Waals surface area contributed by atoms with Crippen LogP contribution in [0.25, 0.3) is 0 Å². The van der Waals surface area contributed by atoms with E-state index in [9.17, 15) is 22.4 Å². The molecule has 0 fully saturated rings. The Morgan fingerprint density at radius 2 is 1.59 bits per heavy atom. The number of carbonyl (C=O) groups is 2. The first-order valence-corrected chi connectivity index (χ1v) is 15.1. The average molecular weight is 584 g/mol. The Kier molecular flexibility index (Phi) is 10.9. The van der Waals surface area contributed by atoms with Gasteiger partial charge in [-0.25, -0.2) is 12.8 Å². The fourth-order valence-electron chi connectivity index (χ4n) is 4.15. The zero-order valence-electron chi connectivity index (χ0n) is 24.1. The summed E-state index contributed by atoms with van der Waals surface area (Å²) in [4.78, 5) is 28.3. The predicted octanol–water partition coefficient (Wildman–Crippen LogP) is 5.06. The number of sulfonamides is 1. The number of carbonyl (C=O) groups excluding carboxylic acids is 2. The topological polar surface area (TPSA) is 96.0 Å². The van der Waals surface area contributed by atoms with Crippen molar-refractivity contribution in [3.63, 3.8) is 0 Å². The molecule has 220 valence electrons. The average Bonchev–Trinajstić information content (AvgIpc) is 2.95. The molecule has 10 heteroatoms. The van der Waals surface area contributed by atoms with Crippen LogP contribution >= 0.6 is 0 Å². The first kappa shape index (κ1) is 31.6. The number of nitrogens with zero attached hydrogens (tertiary/aromatic N) is 2. The summed E-state index contributed by atoms with van der Waals surface area (Å²) in [6.45, 7) is 8.32. The van der Waals surface area contributed by atoms with Crippen molar-refractivity contribution in [3.8, 4) is 5.75 Å². The van der Waals surface area contributed by atoms with E-state index < -0.39 is 40.2 Å². The predicted molar refractivity (Wildman–Crippen MR) is 158 cm³/mol. The van der Waals surface area contributed by atoms with Crippen molar-refractivity contribution in [1.29, 1.82) is 0 Å². The van der Waals surface area contributed by atoms with Crippen molar-refractivity contribution in [2.75, 3.05) is 17.5 Å². The third-order valence-corrected chi connectivity index (χ3v) is 8.56. The lowest BCUT2D eigenvalue weighted by Crippen LogP contribution is -2.52. The van der Waals surface area contributed by atoms with E-state index in [1.54, 1.807) is 56.3 Å². The number of ether oxygens (including phenoxy) is 1. The van der Waals surface area contributed by atoms with Crippen LogP contribution in [0.4, 0.5) is 10.1 Å². The third-order valence-electron chi connectivity index (χ3n) is 6.79. The summed E-state index contributed by atoms with van der Waals surface area (Å²) in [7, 11) is -4.26. The molecule has 0 bridgehead atoms. The molecule has 0 aliphatic heterocycles. The van der Waals surface area contributed by atoms with Crippen LogP contribution in [0.3, 0.4) is 0 Å². The van der Waals surface area contributed by atoms with Crippen LogP contribution in [0.5, 0.6) is 5.75 Å². The second kappa shape index (κ2) is 14.1. The summed E-state index contributed by atoms with van der Waals surface area (Å²) in [6, 6.07) is 17.7. The number of benzene rings is 3. The fourth-order valence-corrected chi connectivity index (χ4v) is 5.57. The summed E-state index contributed by atoms with van der Waals surface area (Å²) >= 11 is 0. The van der Waals surface area contributed by atoms with E-state index in [0.29, 0.717) is 6.42 Å². The highest BCUT2D eigenvalue weighted by Crippen LogP contribution is 2.33. The third kappa shape index (κ3) is 7.85. The zero-order chi connectivity index (χ0) is 30.2. The van der Waals surface area contributed by atoms with Crippen LogP contribution in [0.1, 0.15) is 45.2 Å². The van der Waals surface area contributed by atoms with Crippen LogP contribution in [0.2, 0.25) is 0 Å². The molecular weight excluding hydrogens is 545 g/mol. The molecule has 41 heavy (non-hydrogen) atoms. The van der Waals surface area contributed by atoms with Gasteiger partial charge in [-0.05, 0) is 64.4 Å². The molecule has 2 atom stereocenters. The lowest BCUT2D eigenvalue weighted by Gasteiger charge is -2.33. The Balaban J connectivity index is 2.09. The van der Waals surface area contributed by atoms with Crippen molar-refractivity contribution in [2.24, 2.45) is 0 Å². The Hall–Kier alpha value is -3.92. The summed E-state index contributed by atoms with van der Waals surface area (Å²) < 4.78 is 49.4. The number of rotatable bonds is 13. The van der Waals surface area contributed by atoms with Gasteiger partial charge in [0.15, 0.2) is 0 Å². The Morgan fingerprint density at radius 3 is 2.22 bits per heavy atom. The minimum absolute atomic E-state index is 0.00887. The van der Waals surface area contributed by atoms with Crippen LogP contribution in [0, 0.1) is 12.7 Å². The number of anilines is 1. The molecule has 0 heterocycles. The molecule has 3 rings (SSSR count). The molecule has 8 nitrogen and oxygen atoms in total. The van der Waals surface area contributed by atoms with Crippen molar-refractivity contribution >= 4 is 27.5 Å². The number of halogens is 1. The quantitative estimate of drug-likeness (QED) is 0.304. The Morgan fingerprint density at radius 1 is 0.951 bits per heavy atom. The minimum atomic E-state index is -4.26. The lowest BCUT2D eigenvalue weighted by molar-refractivity contribution is -0.139. The standard InChI is InChI=1S/C31H38FN3O5S/c1-6-23(4)33-31(37)24(5)34(20-25-12-8-9-13-27(25)32)30(36)21-35(28-14-10-11-15-29(28)40-7-2)41(38,39)26-18-16-22(3)17-19-26/h8-19,23-24H,6-7,20-21H2,1-5H3,(H,33,37)/t23-,24-/m1/s1. The Bertz CT molecular complexity index is 1450. The van der Waals surface area contributed by atoms with Crippen LogP contribution in [-0.2, 0) is 26.2 Å². The second-order valence-corrected chi connectivity index (χ2v) is 11.7. The van der Waals surface area contributed by atoms with E-state index in [4.69, 9.17) is 4.74 Å². The minimum Gasteiger partial charge on any atom is -0.492 e. The van der Waals surface area contributed by atoms with Crippen LogP contribution in [-0.4, -0.2) is 50.4 Å². The Labute approximate surface area is 242 Å². The van der Waals surface area contributed by atoms with Gasteiger partial charge < -0.3 is 15.0 Å². The van der Waals surface area contributed by atoms with Gasteiger partial charge in [0.2, 0.25) is 11.8 Å². The maximum absolute atomic E-state index is 14.7. The molecule has 1 N–H and O–H groups in total. The smallest absolute Gasteiger partial charge is 0.264 e. The molecular formula is C31H38FN3O5S. The number of para-hydroxylation sites is 2. The lowest BCUT2D eigenvalue weighted by atomic mass is 10.1. The van der Waals surface area contributed by atoms with E-state index in [1.165, 1.54) is 35.2 Å². The summed E-state index contributed by atoms with van der Waals surface area (Å²) in [6.07, 6.45) is 0.677. The zero-order valence-corrected chi connectivity index (χ0v) is 24.9. The molecule has 0 radical (unpaired) electrons. The molecule has 2 amide bonds. The maximum atomic E-state index is 14.7. The monoisotopic (exact) mass is 583 g/mol. The van der Waals surface area contributed by atoms with Crippen molar-refractivity contribution in [3.05, 3.63) is 89.7 Å². The first-order chi connectivity index (χ1) is 19.5. The number of hydrogen-bond acceptors (Lipinski definition) is 5. The molecule has 0 saturated carbocycles. The van der Waals surface area contributed by atoms with Gasteiger partial charge in [0.25, 0.3) is 10.0 Å². The van der Waals surface area contributed by atoms with Crippen molar-refractivity contribution in [2.45, 2.75) is 64.6 Å². The van der Waals surface area contributed by atoms with E-state index in [2.05, 4.69) is 5.32 Å². The van der Waals surface area contributed by atoms with Crippen LogP contribution in [0.15, 0.2) is 77.7 Å². The second-order valence-electron chi connectivity index (χ2n) is 9.83. The van der Waals surface area contributed by atoms with Gasteiger partial charge >= 0.3 is 0 Å². The molecule has 3 aromatic carbocycles. The number of hydrogen-bond donors (Lipinski definition) is 1. The summed E-state index contributed by atoms with van der Waals surface area (Å²) in [5.74, 6) is -1.36. The maximum Gasteiger partial charge on any atom is 0.264 e. The number of nitrogens with one attached hydrogen (secondary N) is 1. The van der Waals surface area contributed by atoms with Crippen molar-refractivity contribution in [1.82, 2.24) is 10.2 Å². The van der Waals surface area contributed by atoms with Gasteiger partial charge in [-0.1, -0.05) is 55.0 Å². The summed E-state index contributed by atoms with van der Waals surface area (Å²) in [5.41, 5.74) is 1.25.